The fraction of sp³-hybridized carbons (Fsp3) is 0.294. The highest BCUT2D eigenvalue weighted by atomic mass is 19.1. The number of esters is 1. The number of pyridine rings is 1. The van der Waals surface area contributed by atoms with E-state index < -0.39 is 5.97 Å². The van der Waals surface area contributed by atoms with Crippen molar-refractivity contribution in [2.45, 2.75) is 27.2 Å². The summed E-state index contributed by atoms with van der Waals surface area (Å²) in [5.41, 5.74) is 1.63. The molecule has 0 radical (unpaired) electrons. The molecular formula is C17H22FNO2. The van der Waals surface area contributed by atoms with Gasteiger partial charge in [0.2, 0.25) is 0 Å². The number of ether oxygens (including phenoxy) is 1. The Kier molecular flexibility index (Phi) is 9.43. The molecule has 0 saturated carbocycles. The van der Waals surface area contributed by atoms with E-state index in [2.05, 4.69) is 16.3 Å². The predicted molar refractivity (Wildman–Crippen MR) is 83.8 cm³/mol. The fourth-order valence-electron chi connectivity index (χ4n) is 1.57. The number of nitrogens with zero attached hydrogens (tertiary/aromatic N) is 1. The molecule has 0 amide bonds. The van der Waals surface area contributed by atoms with Crippen molar-refractivity contribution < 1.29 is 13.9 Å². The minimum Gasteiger partial charge on any atom is -0.465 e. The van der Waals surface area contributed by atoms with Crippen LogP contribution in [0, 0.1) is 0 Å². The molecule has 0 unspecified atom stereocenters. The summed E-state index contributed by atoms with van der Waals surface area (Å²) in [6.07, 6.45) is 7.64. The van der Waals surface area contributed by atoms with E-state index in [0.29, 0.717) is 23.1 Å². The summed E-state index contributed by atoms with van der Waals surface area (Å²) < 4.78 is 18.0. The monoisotopic (exact) mass is 291 g/mol. The lowest BCUT2D eigenvalue weighted by molar-refractivity contribution is 0.0599. The summed E-state index contributed by atoms with van der Waals surface area (Å²) in [4.78, 5) is 15.4. The summed E-state index contributed by atoms with van der Waals surface area (Å²) in [7, 11) is 1.31. The molecule has 1 rings (SSSR count). The highest BCUT2D eigenvalue weighted by Gasteiger charge is 2.11. The van der Waals surface area contributed by atoms with Gasteiger partial charge in [0.05, 0.1) is 12.7 Å². The molecular weight excluding hydrogens is 269 g/mol. The number of aromatic nitrogens is 1. The van der Waals surface area contributed by atoms with Crippen LogP contribution in [0.1, 0.15) is 36.7 Å². The van der Waals surface area contributed by atoms with Crippen LogP contribution in [0.15, 0.2) is 54.7 Å². The molecule has 4 heteroatoms. The van der Waals surface area contributed by atoms with Gasteiger partial charge in [-0.3, -0.25) is 4.98 Å². The van der Waals surface area contributed by atoms with E-state index in [0.717, 1.165) is 0 Å². The van der Waals surface area contributed by atoms with Crippen LogP contribution in [-0.4, -0.2) is 18.1 Å². The molecule has 0 aromatic carbocycles. The number of hydrogen-bond acceptors (Lipinski definition) is 3. The first-order valence-electron chi connectivity index (χ1n) is 6.77. The van der Waals surface area contributed by atoms with Crippen LogP contribution in [0.25, 0.3) is 0 Å². The molecule has 1 aromatic rings. The van der Waals surface area contributed by atoms with Crippen molar-refractivity contribution in [3.8, 4) is 0 Å². The number of carbonyl (C=O) groups excluding carboxylic acids is 1. The lowest BCUT2D eigenvalue weighted by atomic mass is 10.0. The molecule has 0 spiro atoms. The fourth-order valence-corrected chi connectivity index (χ4v) is 1.57. The van der Waals surface area contributed by atoms with Gasteiger partial charge in [0.25, 0.3) is 0 Å². The third-order valence-electron chi connectivity index (χ3n) is 2.40. The third-order valence-corrected chi connectivity index (χ3v) is 2.40. The van der Waals surface area contributed by atoms with Crippen molar-refractivity contribution in [2.75, 3.05) is 7.11 Å². The molecule has 0 bridgehead atoms. The molecule has 0 fully saturated rings. The van der Waals surface area contributed by atoms with E-state index >= 15 is 0 Å². The first-order chi connectivity index (χ1) is 10.1. The first-order valence-corrected chi connectivity index (χ1v) is 6.77. The molecule has 0 saturated heterocycles. The molecule has 0 aliphatic rings. The van der Waals surface area contributed by atoms with Crippen LogP contribution in [0.2, 0.25) is 0 Å². The van der Waals surface area contributed by atoms with Gasteiger partial charge in [-0.05, 0) is 42.7 Å². The Bertz CT molecular complexity index is 533. The van der Waals surface area contributed by atoms with Crippen molar-refractivity contribution in [1.82, 2.24) is 4.98 Å². The highest BCUT2D eigenvalue weighted by Crippen LogP contribution is 2.15. The van der Waals surface area contributed by atoms with Crippen molar-refractivity contribution in [1.29, 1.82) is 0 Å². The maximum atomic E-state index is 13.3. The van der Waals surface area contributed by atoms with E-state index in [9.17, 15) is 9.18 Å². The van der Waals surface area contributed by atoms with Crippen LogP contribution in [0.4, 0.5) is 4.39 Å². The van der Waals surface area contributed by atoms with E-state index in [1.807, 2.05) is 13.8 Å². The van der Waals surface area contributed by atoms with Gasteiger partial charge in [-0.15, -0.1) is 0 Å². The number of rotatable bonds is 5. The Labute approximate surface area is 125 Å². The molecule has 0 aliphatic heterocycles. The molecule has 114 valence electrons. The molecule has 3 nitrogen and oxygen atoms in total. The Morgan fingerprint density at radius 1 is 1.48 bits per heavy atom. The van der Waals surface area contributed by atoms with E-state index in [1.54, 1.807) is 25.3 Å². The van der Waals surface area contributed by atoms with E-state index in [-0.39, 0.29) is 5.83 Å². The Morgan fingerprint density at radius 2 is 2.14 bits per heavy atom. The van der Waals surface area contributed by atoms with E-state index in [1.165, 1.54) is 25.5 Å². The van der Waals surface area contributed by atoms with Gasteiger partial charge < -0.3 is 4.74 Å². The summed E-state index contributed by atoms with van der Waals surface area (Å²) in [5, 5.41) is 0. The molecule has 0 N–H and O–H groups in total. The summed E-state index contributed by atoms with van der Waals surface area (Å²) in [5.74, 6) is -0.838. The van der Waals surface area contributed by atoms with Gasteiger partial charge >= 0.3 is 5.97 Å². The zero-order chi connectivity index (χ0) is 16.3. The lowest BCUT2D eigenvalue weighted by Gasteiger charge is -2.07. The second-order valence-corrected chi connectivity index (χ2v) is 3.89. The molecule has 21 heavy (non-hydrogen) atoms. The average molecular weight is 291 g/mol. The second kappa shape index (κ2) is 10.5. The van der Waals surface area contributed by atoms with Crippen LogP contribution in [-0.2, 0) is 11.2 Å². The smallest absolute Gasteiger partial charge is 0.339 e. The van der Waals surface area contributed by atoms with Crippen LogP contribution in [0.5, 0.6) is 0 Å². The molecule has 1 heterocycles. The number of carbonyl (C=O) groups is 1. The Morgan fingerprint density at radius 3 is 2.71 bits per heavy atom. The third kappa shape index (κ3) is 6.65. The van der Waals surface area contributed by atoms with E-state index in [4.69, 9.17) is 0 Å². The van der Waals surface area contributed by atoms with Gasteiger partial charge in [-0.2, -0.15) is 0 Å². The maximum Gasteiger partial charge on any atom is 0.339 e. The number of methoxy groups -OCH3 is 1. The van der Waals surface area contributed by atoms with Crippen LogP contribution in [0.3, 0.4) is 0 Å². The van der Waals surface area contributed by atoms with Gasteiger partial charge in [-0.1, -0.05) is 26.5 Å². The quantitative estimate of drug-likeness (QED) is 0.595. The summed E-state index contributed by atoms with van der Waals surface area (Å²) >= 11 is 0. The van der Waals surface area contributed by atoms with Gasteiger partial charge in [0, 0.05) is 12.4 Å². The number of allylic oxidation sites excluding steroid dienone is 5. The summed E-state index contributed by atoms with van der Waals surface area (Å²) in [6.45, 7) is 9.51. The van der Waals surface area contributed by atoms with Crippen LogP contribution < -0.4 is 0 Å². The summed E-state index contributed by atoms with van der Waals surface area (Å²) in [6, 6.07) is 1.69. The van der Waals surface area contributed by atoms with Crippen molar-refractivity contribution in [3.63, 3.8) is 0 Å². The predicted octanol–water partition coefficient (Wildman–Crippen LogP) is 4.42. The van der Waals surface area contributed by atoms with Gasteiger partial charge in [0.15, 0.2) is 0 Å². The minimum atomic E-state index is -0.464. The van der Waals surface area contributed by atoms with Crippen molar-refractivity contribution in [3.05, 3.63) is 65.8 Å². The normalized spacial score (nSPS) is 10.8. The van der Waals surface area contributed by atoms with Crippen molar-refractivity contribution >= 4 is 5.97 Å². The maximum absolute atomic E-state index is 13.3. The topological polar surface area (TPSA) is 39.2 Å². The van der Waals surface area contributed by atoms with Crippen LogP contribution >= 0.6 is 0 Å². The lowest BCUT2D eigenvalue weighted by Crippen LogP contribution is -2.06. The minimum absolute atomic E-state index is 0.359. The standard InChI is InChI=1S/C15H16FNO2.C2H6/c1-4-5-13(16)9-11(2)8-12-6-7-17-10-14(12)15(18)19-3;1-2/h4-7,9-10H,2,8H2,1,3H3;1-2H3/b5-4-,13-9+;. The molecule has 1 aromatic heterocycles. The second-order valence-electron chi connectivity index (χ2n) is 3.89. The zero-order valence-corrected chi connectivity index (χ0v) is 13.0. The number of halogens is 1. The molecule has 0 aliphatic carbocycles. The zero-order valence-electron chi connectivity index (χ0n) is 13.0. The average Bonchev–Trinajstić information content (AvgIpc) is 2.49. The SMILES string of the molecule is C=C(/C=C(F)\C=C/C)Cc1ccncc1C(=O)OC.CC. The number of hydrogen-bond donors (Lipinski definition) is 0. The first kappa shape index (κ1) is 18.8. The Hall–Kier alpha value is -2.23. The Balaban J connectivity index is 0.00000191. The van der Waals surface area contributed by atoms with Gasteiger partial charge in [0.1, 0.15) is 5.83 Å². The highest BCUT2D eigenvalue weighted by molar-refractivity contribution is 5.90. The molecule has 0 atom stereocenters. The van der Waals surface area contributed by atoms with Crippen molar-refractivity contribution in [2.24, 2.45) is 0 Å². The largest absolute Gasteiger partial charge is 0.465 e. The van der Waals surface area contributed by atoms with Gasteiger partial charge in [-0.25, -0.2) is 9.18 Å².